The standard InChI is InChI=1S/C51H35N5/c1-4-14-34(15-5-1)35-24-26-37(27-25-35)50-52-49(36-16-6-2-7-17-36)53-51(54-50)38-28-30-40(31-29-38)55-45-23-13-11-21-43(45)47-46(55)33-32-42-41-20-10-12-22-44(41)56(48(42)47)39-18-8-3-9-19-39/h1-14,16-34H,15H2. The van der Waals surface area contributed by atoms with Gasteiger partial charge in [-0.05, 0) is 66.6 Å². The van der Waals surface area contributed by atoms with Crippen LogP contribution >= 0.6 is 0 Å². The van der Waals surface area contributed by atoms with Crippen molar-refractivity contribution in [2.75, 3.05) is 0 Å². The third-order valence-corrected chi connectivity index (χ3v) is 11.1. The van der Waals surface area contributed by atoms with Crippen LogP contribution in [0.1, 0.15) is 17.9 Å². The number of rotatable bonds is 6. The lowest BCUT2D eigenvalue weighted by atomic mass is 9.92. The van der Waals surface area contributed by atoms with Crippen LogP contribution in [0.2, 0.25) is 0 Å². The lowest BCUT2D eigenvalue weighted by Crippen LogP contribution is -2.01. The molecule has 0 N–H and O–H groups in total. The van der Waals surface area contributed by atoms with Gasteiger partial charge in [-0.15, -0.1) is 0 Å². The lowest BCUT2D eigenvalue weighted by Gasteiger charge is -2.14. The van der Waals surface area contributed by atoms with Crippen molar-refractivity contribution in [1.29, 1.82) is 0 Å². The van der Waals surface area contributed by atoms with Gasteiger partial charge in [-0.2, -0.15) is 0 Å². The first kappa shape index (κ1) is 32.1. The van der Waals surface area contributed by atoms with Crippen LogP contribution in [0.25, 0.3) is 89.2 Å². The average molecular weight is 718 g/mol. The Labute approximate surface area is 324 Å². The average Bonchev–Trinajstić information content (AvgIpc) is 3.80. The maximum absolute atomic E-state index is 5.07. The Morgan fingerprint density at radius 1 is 0.411 bits per heavy atom. The van der Waals surface area contributed by atoms with E-state index in [-0.39, 0.29) is 0 Å². The first-order valence-corrected chi connectivity index (χ1v) is 19.2. The summed E-state index contributed by atoms with van der Waals surface area (Å²) in [5, 5.41) is 4.94. The normalized spacial score (nSPS) is 14.0. The Hall–Kier alpha value is -7.37. The summed E-state index contributed by atoms with van der Waals surface area (Å²) in [6.45, 7) is 0. The summed E-state index contributed by atoms with van der Waals surface area (Å²) in [7, 11) is 0. The largest absolute Gasteiger partial charge is 0.309 e. The van der Waals surface area contributed by atoms with Crippen LogP contribution in [-0.4, -0.2) is 24.1 Å². The smallest absolute Gasteiger partial charge is 0.164 e. The van der Waals surface area contributed by atoms with Crippen molar-refractivity contribution >= 4 is 43.6 Å². The van der Waals surface area contributed by atoms with E-state index in [9.17, 15) is 0 Å². The second kappa shape index (κ2) is 13.2. The van der Waals surface area contributed by atoms with Crippen LogP contribution in [0.5, 0.6) is 0 Å². The zero-order valence-corrected chi connectivity index (χ0v) is 30.5. The van der Waals surface area contributed by atoms with Crippen molar-refractivity contribution < 1.29 is 0 Å². The summed E-state index contributed by atoms with van der Waals surface area (Å²) >= 11 is 0. The maximum Gasteiger partial charge on any atom is 0.164 e. The summed E-state index contributed by atoms with van der Waals surface area (Å²) in [6, 6.07) is 60.2. The van der Waals surface area contributed by atoms with Crippen LogP contribution in [0, 0.1) is 0 Å². The van der Waals surface area contributed by atoms with E-state index in [1.807, 2.05) is 18.2 Å². The van der Waals surface area contributed by atoms with E-state index in [1.54, 1.807) is 0 Å². The molecule has 0 bridgehead atoms. The van der Waals surface area contributed by atoms with Crippen molar-refractivity contribution in [3.8, 4) is 45.5 Å². The van der Waals surface area contributed by atoms with Gasteiger partial charge in [0.05, 0.1) is 22.1 Å². The SMILES string of the molecule is C1=CCC(c2ccc(-c3nc(-c4ccccc4)nc(-c4ccc(-n5c6ccccc6c6c5ccc5c7ccccc7n(-c7ccccc7)c56)cc4)n3)cc2)C=C1. The number of hydrogen-bond acceptors (Lipinski definition) is 3. The van der Waals surface area contributed by atoms with Gasteiger partial charge in [-0.1, -0.05) is 140 Å². The molecule has 1 atom stereocenters. The van der Waals surface area contributed by atoms with Gasteiger partial charge in [0.1, 0.15) is 0 Å². The molecule has 0 saturated carbocycles. The molecular formula is C51H35N5. The fourth-order valence-corrected chi connectivity index (χ4v) is 8.45. The molecule has 1 unspecified atom stereocenters. The number of benzene rings is 7. The summed E-state index contributed by atoms with van der Waals surface area (Å²) in [5.41, 5.74) is 11.1. The van der Waals surface area contributed by atoms with Crippen LogP contribution in [0.3, 0.4) is 0 Å². The molecule has 11 rings (SSSR count). The minimum absolute atomic E-state index is 0.385. The molecule has 10 aromatic rings. The zero-order valence-electron chi connectivity index (χ0n) is 30.5. The van der Waals surface area contributed by atoms with Crippen molar-refractivity contribution in [1.82, 2.24) is 24.1 Å². The number of hydrogen-bond donors (Lipinski definition) is 0. The molecule has 7 aromatic carbocycles. The first-order valence-electron chi connectivity index (χ1n) is 19.2. The van der Waals surface area contributed by atoms with Gasteiger partial charge in [0.2, 0.25) is 0 Å². The second-order valence-corrected chi connectivity index (χ2v) is 14.4. The molecule has 0 saturated heterocycles. The number of para-hydroxylation sites is 3. The van der Waals surface area contributed by atoms with E-state index < -0.39 is 0 Å². The minimum Gasteiger partial charge on any atom is -0.309 e. The molecule has 3 heterocycles. The molecule has 0 radical (unpaired) electrons. The third kappa shape index (κ3) is 5.28. The van der Waals surface area contributed by atoms with Crippen molar-refractivity contribution in [2.45, 2.75) is 12.3 Å². The topological polar surface area (TPSA) is 48.5 Å². The van der Waals surface area contributed by atoms with Crippen molar-refractivity contribution in [3.63, 3.8) is 0 Å². The van der Waals surface area contributed by atoms with Gasteiger partial charge in [0, 0.05) is 55.5 Å². The number of allylic oxidation sites excluding steroid dienone is 4. The van der Waals surface area contributed by atoms with Crippen LogP contribution in [0.4, 0.5) is 0 Å². The zero-order chi connectivity index (χ0) is 37.0. The van der Waals surface area contributed by atoms with E-state index in [0.717, 1.165) is 45.5 Å². The maximum atomic E-state index is 5.07. The number of aromatic nitrogens is 5. The van der Waals surface area contributed by atoms with Crippen molar-refractivity contribution in [3.05, 3.63) is 200 Å². The van der Waals surface area contributed by atoms with E-state index in [1.165, 1.54) is 38.1 Å². The Morgan fingerprint density at radius 3 is 1.62 bits per heavy atom. The lowest BCUT2D eigenvalue weighted by molar-refractivity contribution is 0.854. The molecule has 3 aromatic heterocycles. The molecule has 0 spiro atoms. The Bertz CT molecular complexity index is 3130. The van der Waals surface area contributed by atoms with E-state index in [0.29, 0.717) is 23.4 Å². The molecular weight excluding hydrogens is 683 g/mol. The minimum atomic E-state index is 0.385. The Balaban J connectivity index is 1.05. The summed E-state index contributed by atoms with van der Waals surface area (Å²) in [6.07, 6.45) is 9.74. The first-order chi connectivity index (χ1) is 27.8. The van der Waals surface area contributed by atoms with Gasteiger partial charge in [-0.25, -0.2) is 15.0 Å². The summed E-state index contributed by atoms with van der Waals surface area (Å²) < 4.78 is 4.81. The van der Waals surface area contributed by atoms with E-state index in [4.69, 9.17) is 15.0 Å². The van der Waals surface area contributed by atoms with Crippen LogP contribution in [-0.2, 0) is 0 Å². The fraction of sp³-hybridized carbons (Fsp3) is 0.0392. The summed E-state index contributed by atoms with van der Waals surface area (Å²) in [4.78, 5) is 15.1. The van der Waals surface area contributed by atoms with Gasteiger partial charge in [-0.3, -0.25) is 0 Å². The molecule has 1 aliphatic rings. The van der Waals surface area contributed by atoms with Gasteiger partial charge in [0.15, 0.2) is 17.5 Å². The van der Waals surface area contributed by atoms with E-state index >= 15 is 0 Å². The highest BCUT2D eigenvalue weighted by atomic mass is 15.0. The second-order valence-electron chi connectivity index (χ2n) is 14.4. The molecule has 5 nitrogen and oxygen atoms in total. The fourth-order valence-electron chi connectivity index (χ4n) is 8.45. The van der Waals surface area contributed by atoms with E-state index in [2.05, 4.69) is 185 Å². The molecule has 1 aliphatic carbocycles. The van der Waals surface area contributed by atoms with Crippen molar-refractivity contribution in [2.24, 2.45) is 0 Å². The third-order valence-electron chi connectivity index (χ3n) is 11.1. The highest BCUT2D eigenvalue weighted by molar-refractivity contribution is 6.26. The summed E-state index contributed by atoms with van der Waals surface area (Å²) in [5.74, 6) is 2.33. The van der Waals surface area contributed by atoms with Gasteiger partial charge >= 0.3 is 0 Å². The highest BCUT2D eigenvalue weighted by Crippen LogP contribution is 2.42. The predicted octanol–water partition coefficient (Wildman–Crippen LogP) is 12.7. The Morgan fingerprint density at radius 2 is 0.964 bits per heavy atom. The number of nitrogens with zero attached hydrogens (tertiary/aromatic N) is 5. The highest BCUT2D eigenvalue weighted by Gasteiger charge is 2.21. The van der Waals surface area contributed by atoms with Crippen LogP contribution in [0.15, 0.2) is 194 Å². The predicted molar refractivity (Wildman–Crippen MR) is 230 cm³/mol. The molecule has 5 heteroatoms. The molecule has 0 fully saturated rings. The number of fused-ring (bicyclic) bond motifs is 7. The van der Waals surface area contributed by atoms with Gasteiger partial charge in [0.25, 0.3) is 0 Å². The molecule has 0 amide bonds. The van der Waals surface area contributed by atoms with Crippen LogP contribution < -0.4 is 0 Å². The van der Waals surface area contributed by atoms with Gasteiger partial charge < -0.3 is 9.13 Å². The Kier molecular flexibility index (Phi) is 7.56. The molecule has 0 aliphatic heterocycles. The monoisotopic (exact) mass is 717 g/mol. The quantitative estimate of drug-likeness (QED) is 0.172. The molecule has 264 valence electrons. The molecule has 56 heavy (non-hydrogen) atoms.